The quantitative estimate of drug-likeness (QED) is 0.629. The number of rotatable bonds is 1. The number of fused-ring (bicyclic) bond motifs is 2. The Morgan fingerprint density at radius 3 is 2.67 bits per heavy atom. The highest BCUT2D eigenvalue weighted by Gasteiger charge is 2.37. The number of nitrogens with zero attached hydrogens (tertiary/aromatic N) is 1. The molecule has 2 aliphatic rings. The molecule has 2 bridgehead atoms. The minimum Gasteiger partial charge on any atom is -0.296 e. The Bertz CT molecular complexity index is 368. The minimum atomic E-state index is 0.606. The Balaban J connectivity index is 1.95. The van der Waals surface area contributed by atoms with Gasteiger partial charge in [-0.3, -0.25) is 4.90 Å². The summed E-state index contributed by atoms with van der Waals surface area (Å²) in [7, 11) is 2.27. The van der Waals surface area contributed by atoms with Crippen molar-refractivity contribution in [3.63, 3.8) is 0 Å². The van der Waals surface area contributed by atoms with Gasteiger partial charge in [-0.1, -0.05) is 42.5 Å². The van der Waals surface area contributed by atoms with Crippen molar-refractivity contribution >= 4 is 0 Å². The molecule has 3 rings (SSSR count). The lowest BCUT2D eigenvalue weighted by Gasteiger charge is -2.33. The third-order valence-electron chi connectivity index (χ3n) is 3.94. The van der Waals surface area contributed by atoms with Gasteiger partial charge in [-0.25, -0.2) is 0 Å². The highest BCUT2D eigenvalue weighted by Crippen LogP contribution is 2.38. The van der Waals surface area contributed by atoms with E-state index in [-0.39, 0.29) is 0 Å². The second-order valence-corrected chi connectivity index (χ2v) is 4.70. The van der Waals surface area contributed by atoms with E-state index in [0.717, 1.165) is 6.04 Å². The van der Waals surface area contributed by atoms with E-state index in [0.29, 0.717) is 12.0 Å². The van der Waals surface area contributed by atoms with Gasteiger partial charge in [0.15, 0.2) is 0 Å². The molecule has 0 spiro atoms. The molecule has 1 aromatic carbocycles. The molecule has 0 aliphatic carbocycles. The lowest BCUT2D eigenvalue weighted by molar-refractivity contribution is 0.241. The summed E-state index contributed by atoms with van der Waals surface area (Å²) in [6, 6.07) is 12.3. The van der Waals surface area contributed by atoms with E-state index in [2.05, 4.69) is 54.4 Å². The molecular weight excluding hydrogens is 182 g/mol. The van der Waals surface area contributed by atoms with Gasteiger partial charge in [0, 0.05) is 18.0 Å². The highest BCUT2D eigenvalue weighted by molar-refractivity contribution is 5.30. The van der Waals surface area contributed by atoms with Crippen molar-refractivity contribution in [2.24, 2.45) is 0 Å². The fraction of sp³-hybridized carbons (Fsp3) is 0.429. The van der Waals surface area contributed by atoms with Crippen LogP contribution in [0.15, 0.2) is 42.5 Å². The summed E-state index contributed by atoms with van der Waals surface area (Å²) in [6.07, 6.45) is 7.48. The van der Waals surface area contributed by atoms with Crippen molar-refractivity contribution in [3.8, 4) is 0 Å². The molecule has 2 aliphatic heterocycles. The zero-order valence-corrected chi connectivity index (χ0v) is 9.13. The molecule has 1 saturated heterocycles. The number of hydrogen-bond donors (Lipinski definition) is 0. The van der Waals surface area contributed by atoms with Crippen LogP contribution in [-0.2, 0) is 0 Å². The predicted molar refractivity (Wildman–Crippen MR) is 62.9 cm³/mol. The normalized spacial score (nSPS) is 34.6. The van der Waals surface area contributed by atoms with Crippen LogP contribution in [-0.4, -0.2) is 24.0 Å². The molecule has 3 unspecified atom stereocenters. The van der Waals surface area contributed by atoms with Gasteiger partial charge in [-0.05, 0) is 25.5 Å². The molecule has 78 valence electrons. The summed E-state index contributed by atoms with van der Waals surface area (Å²) >= 11 is 0. The molecule has 1 aromatic rings. The fourth-order valence-corrected chi connectivity index (χ4v) is 3.04. The Morgan fingerprint density at radius 2 is 1.87 bits per heavy atom. The van der Waals surface area contributed by atoms with E-state index >= 15 is 0 Å². The van der Waals surface area contributed by atoms with Crippen LogP contribution in [0.1, 0.15) is 24.3 Å². The van der Waals surface area contributed by atoms with Crippen LogP contribution in [0.2, 0.25) is 0 Å². The third kappa shape index (κ3) is 1.42. The molecule has 2 heterocycles. The Hall–Kier alpha value is -1.08. The van der Waals surface area contributed by atoms with Gasteiger partial charge in [-0.2, -0.15) is 0 Å². The molecule has 1 nitrogen and oxygen atoms in total. The second kappa shape index (κ2) is 3.49. The van der Waals surface area contributed by atoms with Gasteiger partial charge < -0.3 is 0 Å². The van der Waals surface area contributed by atoms with E-state index in [1.807, 2.05) is 0 Å². The lowest BCUT2D eigenvalue weighted by atomic mass is 9.89. The van der Waals surface area contributed by atoms with Crippen LogP contribution in [0.25, 0.3) is 0 Å². The first-order valence-electron chi connectivity index (χ1n) is 5.81. The SMILES string of the molecule is CN1C2C=CC(c3ccccc3)C1CC2. The van der Waals surface area contributed by atoms with Crippen molar-refractivity contribution in [2.75, 3.05) is 7.05 Å². The van der Waals surface area contributed by atoms with E-state index in [4.69, 9.17) is 0 Å². The Kier molecular flexibility index (Phi) is 2.14. The number of likely N-dealkylation sites (N-methyl/N-ethyl adjacent to an activating group) is 1. The van der Waals surface area contributed by atoms with E-state index in [9.17, 15) is 0 Å². The van der Waals surface area contributed by atoms with Crippen LogP contribution < -0.4 is 0 Å². The molecule has 0 N–H and O–H groups in total. The van der Waals surface area contributed by atoms with Crippen molar-refractivity contribution in [1.82, 2.24) is 4.90 Å². The largest absolute Gasteiger partial charge is 0.296 e. The van der Waals surface area contributed by atoms with Gasteiger partial charge in [0.1, 0.15) is 0 Å². The first-order chi connectivity index (χ1) is 7.36. The summed E-state index contributed by atoms with van der Waals surface area (Å²) in [5, 5.41) is 0. The Labute approximate surface area is 91.4 Å². The fourth-order valence-electron chi connectivity index (χ4n) is 3.04. The number of benzene rings is 1. The summed E-state index contributed by atoms with van der Waals surface area (Å²) in [4.78, 5) is 2.54. The van der Waals surface area contributed by atoms with Crippen molar-refractivity contribution in [2.45, 2.75) is 30.8 Å². The van der Waals surface area contributed by atoms with Crippen LogP contribution in [0.4, 0.5) is 0 Å². The van der Waals surface area contributed by atoms with Crippen molar-refractivity contribution in [1.29, 1.82) is 0 Å². The zero-order chi connectivity index (χ0) is 10.3. The molecule has 1 fully saturated rings. The topological polar surface area (TPSA) is 3.24 Å². The molecule has 3 atom stereocenters. The monoisotopic (exact) mass is 199 g/mol. The summed E-state index contributed by atoms with van der Waals surface area (Å²) in [6.45, 7) is 0. The first kappa shape index (κ1) is 9.17. The van der Waals surface area contributed by atoms with Gasteiger partial charge >= 0.3 is 0 Å². The van der Waals surface area contributed by atoms with Crippen LogP contribution >= 0.6 is 0 Å². The number of hydrogen-bond acceptors (Lipinski definition) is 1. The molecule has 15 heavy (non-hydrogen) atoms. The van der Waals surface area contributed by atoms with Gasteiger partial charge in [0.25, 0.3) is 0 Å². The van der Waals surface area contributed by atoms with E-state index in [1.165, 1.54) is 18.4 Å². The molecule has 0 aromatic heterocycles. The van der Waals surface area contributed by atoms with Crippen LogP contribution in [0.5, 0.6) is 0 Å². The lowest BCUT2D eigenvalue weighted by Crippen LogP contribution is -2.37. The average molecular weight is 199 g/mol. The first-order valence-corrected chi connectivity index (χ1v) is 5.81. The molecular formula is C14H17N. The van der Waals surface area contributed by atoms with Crippen molar-refractivity contribution < 1.29 is 0 Å². The molecule has 0 radical (unpaired) electrons. The maximum absolute atomic E-state index is 2.54. The minimum absolute atomic E-state index is 0.606. The maximum Gasteiger partial charge on any atom is 0.0279 e. The van der Waals surface area contributed by atoms with Gasteiger partial charge in [0.05, 0.1) is 0 Å². The summed E-state index contributed by atoms with van der Waals surface area (Å²) in [5.41, 5.74) is 1.46. The molecule has 0 amide bonds. The second-order valence-electron chi connectivity index (χ2n) is 4.70. The standard InChI is InChI=1S/C14H17N/c1-15-12-7-9-13(14(15)10-8-12)11-5-3-2-4-6-11/h2-7,9,12-14H,8,10H2,1H3. The van der Waals surface area contributed by atoms with Crippen molar-refractivity contribution in [3.05, 3.63) is 48.0 Å². The summed E-state index contributed by atoms with van der Waals surface area (Å²) in [5.74, 6) is 0.606. The molecule has 1 heteroatoms. The smallest absolute Gasteiger partial charge is 0.0279 e. The Morgan fingerprint density at radius 1 is 1.07 bits per heavy atom. The third-order valence-corrected chi connectivity index (χ3v) is 3.94. The van der Waals surface area contributed by atoms with Crippen LogP contribution in [0.3, 0.4) is 0 Å². The molecule has 0 saturated carbocycles. The van der Waals surface area contributed by atoms with E-state index < -0.39 is 0 Å². The average Bonchev–Trinajstić information content (AvgIpc) is 2.54. The van der Waals surface area contributed by atoms with Gasteiger partial charge in [0.2, 0.25) is 0 Å². The van der Waals surface area contributed by atoms with E-state index in [1.54, 1.807) is 0 Å². The maximum atomic E-state index is 2.54. The highest BCUT2D eigenvalue weighted by atomic mass is 15.2. The zero-order valence-electron chi connectivity index (χ0n) is 9.13. The summed E-state index contributed by atoms with van der Waals surface area (Å²) < 4.78 is 0. The van der Waals surface area contributed by atoms with Crippen LogP contribution in [0, 0.1) is 0 Å². The van der Waals surface area contributed by atoms with Gasteiger partial charge in [-0.15, -0.1) is 0 Å². The predicted octanol–water partition coefficient (Wildman–Crippen LogP) is 2.80.